The second kappa shape index (κ2) is 12.7. The van der Waals surface area contributed by atoms with E-state index in [0.29, 0.717) is 34.2 Å². The molecular formula is C33H22F5N5S2. The molecular weight excluding hydrogens is 626 g/mol. The molecule has 226 valence electrons. The standard InChI is InChI=1S/C33H22F5N5S2/c1-19-4-2-5-20(12-19)13-31-40-29(17-44-31)25-15-23(8-10-27(25)34)42-43-24-9-11-28(35)26(16-24)30-18-45-32(41-30)39-22-7-3-6-21(14-22)33(36,37)38/h2-12,14-18H,13H2,1H3,(H,39,41). The van der Waals surface area contributed by atoms with Crippen LogP contribution in [0.4, 0.5) is 44.1 Å². The number of benzene rings is 4. The number of hydrogen-bond donors (Lipinski definition) is 1. The van der Waals surface area contributed by atoms with Gasteiger partial charge < -0.3 is 5.32 Å². The van der Waals surface area contributed by atoms with Gasteiger partial charge in [-0.25, -0.2) is 18.7 Å². The number of aryl methyl sites for hydroxylation is 1. The summed E-state index contributed by atoms with van der Waals surface area (Å²) in [5.74, 6) is -0.998. The molecule has 45 heavy (non-hydrogen) atoms. The maximum Gasteiger partial charge on any atom is 0.416 e. The lowest BCUT2D eigenvalue weighted by Crippen LogP contribution is -2.05. The van der Waals surface area contributed by atoms with Crippen molar-refractivity contribution in [1.82, 2.24) is 9.97 Å². The zero-order chi connectivity index (χ0) is 31.6. The summed E-state index contributed by atoms with van der Waals surface area (Å²) >= 11 is 2.57. The molecule has 5 nitrogen and oxygen atoms in total. The Kier molecular flexibility index (Phi) is 8.50. The Labute approximate surface area is 262 Å². The summed E-state index contributed by atoms with van der Waals surface area (Å²) in [6, 6.07) is 21.3. The molecule has 0 unspecified atom stereocenters. The van der Waals surface area contributed by atoms with E-state index in [-0.39, 0.29) is 16.9 Å². The monoisotopic (exact) mass is 647 g/mol. The first-order valence-corrected chi connectivity index (χ1v) is 15.3. The lowest BCUT2D eigenvalue weighted by Gasteiger charge is -2.09. The molecule has 6 rings (SSSR count). The summed E-state index contributed by atoms with van der Waals surface area (Å²) in [5, 5.41) is 15.8. The van der Waals surface area contributed by atoms with Crippen LogP contribution in [-0.2, 0) is 12.6 Å². The van der Waals surface area contributed by atoms with E-state index in [0.717, 1.165) is 39.6 Å². The highest BCUT2D eigenvalue weighted by Gasteiger charge is 2.30. The lowest BCUT2D eigenvalue weighted by molar-refractivity contribution is -0.137. The fourth-order valence-corrected chi connectivity index (χ4v) is 6.08. The summed E-state index contributed by atoms with van der Waals surface area (Å²) in [6.07, 6.45) is -3.84. The van der Waals surface area contributed by atoms with Crippen LogP contribution in [0.15, 0.2) is 106 Å². The number of rotatable bonds is 8. The zero-order valence-electron chi connectivity index (χ0n) is 23.4. The van der Waals surface area contributed by atoms with Crippen LogP contribution in [0.5, 0.6) is 0 Å². The van der Waals surface area contributed by atoms with Crippen LogP contribution >= 0.6 is 22.7 Å². The molecule has 0 spiro atoms. The van der Waals surface area contributed by atoms with Gasteiger partial charge in [0.1, 0.15) is 11.6 Å². The minimum atomic E-state index is -4.48. The number of nitrogens with zero attached hydrogens (tertiary/aromatic N) is 4. The second-order valence-electron chi connectivity index (χ2n) is 10.1. The van der Waals surface area contributed by atoms with Crippen molar-refractivity contribution in [2.24, 2.45) is 10.2 Å². The van der Waals surface area contributed by atoms with Crippen LogP contribution < -0.4 is 5.32 Å². The Bertz CT molecular complexity index is 2020. The number of anilines is 2. The number of thiazole rings is 2. The zero-order valence-corrected chi connectivity index (χ0v) is 25.1. The molecule has 0 saturated heterocycles. The lowest BCUT2D eigenvalue weighted by atomic mass is 10.1. The first-order valence-electron chi connectivity index (χ1n) is 13.5. The Hall–Kier alpha value is -4.81. The molecule has 12 heteroatoms. The molecule has 0 radical (unpaired) electrons. The summed E-state index contributed by atoms with van der Waals surface area (Å²) < 4.78 is 68.8. The molecule has 0 saturated carbocycles. The van der Waals surface area contributed by atoms with Gasteiger partial charge in [-0.1, -0.05) is 35.9 Å². The van der Waals surface area contributed by atoms with Crippen molar-refractivity contribution >= 4 is 44.9 Å². The van der Waals surface area contributed by atoms with Crippen LogP contribution in [0.2, 0.25) is 0 Å². The van der Waals surface area contributed by atoms with Gasteiger partial charge in [0.15, 0.2) is 5.13 Å². The van der Waals surface area contributed by atoms with Crippen LogP contribution in [0.1, 0.15) is 21.7 Å². The van der Waals surface area contributed by atoms with Gasteiger partial charge in [-0.05, 0) is 67.1 Å². The van der Waals surface area contributed by atoms with Crippen molar-refractivity contribution in [3.8, 4) is 22.5 Å². The second-order valence-corrected chi connectivity index (χ2v) is 11.9. The minimum Gasteiger partial charge on any atom is -0.332 e. The maximum absolute atomic E-state index is 14.8. The summed E-state index contributed by atoms with van der Waals surface area (Å²) in [4.78, 5) is 8.97. The summed E-state index contributed by atoms with van der Waals surface area (Å²) in [5.41, 5.74) is 3.60. The van der Waals surface area contributed by atoms with Crippen molar-refractivity contribution in [3.63, 3.8) is 0 Å². The predicted molar refractivity (Wildman–Crippen MR) is 168 cm³/mol. The van der Waals surface area contributed by atoms with Gasteiger partial charge in [-0.3, -0.25) is 0 Å². The van der Waals surface area contributed by atoms with Gasteiger partial charge in [-0.2, -0.15) is 23.4 Å². The Morgan fingerprint density at radius 3 is 2.04 bits per heavy atom. The number of aromatic nitrogens is 2. The molecule has 0 amide bonds. The quantitative estimate of drug-likeness (QED) is 0.132. The van der Waals surface area contributed by atoms with Gasteiger partial charge in [-0.15, -0.1) is 22.7 Å². The van der Waals surface area contributed by atoms with Crippen molar-refractivity contribution in [2.45, 2.75) is 19.5 Å². The fraction of sp³-hybridized carbons (Fsp3) is 0.0909. The third-order valence-electron chi connectivity index (χ3n) is 6.67. The van der Waals surface area contributed by atoms with Gasteiger partial charge in [0, 0.05) is 34.0 Å². The Morgan fingerprint density at radius 1 is 0.733 bits per heavy atom. The van der Waals surface area contributed by atoms with E-state index in [4.69, 9.17) is 0 Å². The molecule has 0 aliphatic heterocycles. The van der Waals surface area contributed by atoms with Gasteiger partial charge >= 0.3 is 6.18 Å². The van der Waals surface area contributed by atoms with Gasteiger partial charge in [0.25, 0.3) is 0 Å². The number of alkyl halides is 3. The molecule has 0 atom stereocenters. The van der Waals surface area contributed by atoms with Crippen molar-refractivity contribution in [3.05, 3.63) is 129 Å². The topological polar surface area (TPSA) is 62.5 Å². The number of halogens is 5. The average molecular weight is 648 g/mol. The van der Waals surface area contributed by atoms with Crippen molar-refractivity contribution in [2.75, 3.05) is 5.32 Å². The fourth-order valence-electron chi connectivity index (χ4n) is 4.52. The highest BCUT2D eigenvalue weighted by Crippen LogP contribution is 2.35. The van der Waals surface area contributed by atoms with E-state index in [1.807, 2.05) is 25.1 Å². The third kappa shape index (κ3) is 7.30. The molecule has 2 heterocycles. The molecule has 6 aromatic rings. The number of nitrogens with one attached hydrogen (secondary N) is 1. The van der Waals surface area contributed by atoms with Crippen LogP contribution in [0.25, 0.3) is 22.5 Å². The Balaban J connectivity index is 1.18. The summed E-state index contributed by atoms with van der Waals surface area (Å²) in [6.45, 7) is 2.03. The molecule has 2 aromatic heterocycles. The molecule has 4 aromatic carbocycles. The van der Waals surface area contributed by atoms with Crippen LogP contribution in [-0.4, -0.2) is 9.97 Å². The van der Waals surface area contributed by atoms with E-state index < -0.39 is 23.4 Å². The minimum absolute atomic E-state index is 0.142. The third-order valence-corrected chi connectivity index (χ3v) is 8.27. The number of azo groups is 1. The predicted octanol–water partition coefficient (Wildman–Crippen LogP) is 11.3. The van der Waals surface area contributed by atoms with E-state index >= 15 is 0 Å². The largest absolute Gasteiger partial charge is 0.416 e. The van der Waals surface area contributed by atoms with Gasteiger partial charge in [0.2, 0.25) is 0 Å². The van der Waals surface area contributed by atoms with Gasteiger partial charge in [0.05, 0.1) is 33.3 Å². The van der Waals surface area contributed by atoms with E-state index in [9.17, 15) is 22.0 Å². The molecule has 0 fully saturated rings. The summed E-state index contributed by atoms with van der Waals surface area (Å²) in [7, 11) is 0. The highest BCUT2D eigenvalue weighted by atomic mass is 32.1. The van der Waals surface area contributed by atoms with E-state index in [1.165, 1.54) is 53.8 Å². The van der Waals surface area contributed by atoms with Crippen LogP contribution in [0, 0.1) is 18.6 Å². The molecule has 0 aliphatic rings. The molecule has 1 N–H and O–H groups in total. The normalized spacial score (nSPS) is 11.8. The van der Waals surface area contributed by atoms with Crippen LogP contribution in [0.3, 0.4) is 0 Å². The first-order chi connectivity index (χ1) is 21.6. The smallest absolute Gasteiger partial charge is 0.332 e. The molecule has 0 aliphatic carbocycles. The first kappa shape index (κ1) is 30.2. The van der Waals surface area contributed by atoms with E-state index in [2.05, 4.69) is 31.6 Å². The average Bonchev–Trinajstić information content (AvgIpc) is 3.67. The van der Waals surface area contributed by atoms with Crippen molar-refractivity contribution in [1.29, 1.82) is 0 Å². The van der Waals surface area contributed by atoms with E-state index in [1.54, 1.807) is 16.8 Å². The highest BCUT2D eigenvalue weighted by molar-refractivity contribution is 7.14. The van der Waals surface area contributed by atoms with Crippen molar-refractivity contribution < 1.29 is 22.0 Å². The Morgan fingerprint density at radius 2 is 1.38 bits per heavy atom. The molecule has 0 bridgehead atoms. The SMILES string of the molecule is Cc1cccc(Cc2nc(-c3cc(N=Nc4ccc(F)c(-c5csc(Nc6cccc(C(F)(F)F)c6)n5)c4)ccc3F)cs2)c1. The number of hydrogen-bond acceptors (Lipinski definition) is 7. The maximum atomic E-state index is 14.8.